The molecule has 0 spiro atoms. The molecule has 0 aliphatic carbocycles. The SMILES string of the molecule is Cc1nc(-c2cccnc2)nc(NC2CCOC(c3ccccc3)C2)c1C. The van der Waals surface area contributed by atoms with Crippen LogP contribution < -0.4 is 5.32 Å². The lowest BCUT2D eigenvalue weighted by atomic mass is 9.97. The lowest BCUT2D eigenvalue weighted by Gasteiger charge is -2.31. The Balaban J connectivity index is 1.56. The molecule has 138 valence electrons. The van der Waals surface area contributed by atoms with Gasteiger partial charge in [0, 0.05) is 41.9 Å². The highest BCUT2D eigenvalue weighted by atomic mass is 16.5. The molecule has 0 amide bonds. The van der Waals surface area contributed by atoms with Crippen molar-refractivity contribution in [2.24, 2.45) is 0 Å². The third-order valence-corrected chi connectivity index (χ3v) is 5.11. The molecule has 5 nitrogen and oxygen atoms in total. The van der Waals surface area contributed by atoms with Crippen molar-refractivity contribution in [2.45, 2.75) is 38.8 Å². The Morgan fingerprint density at radius 1 is 1.04 bits per heavy atom. The van der Waals surface area contributed by atoms with Gasteiger partial charge in [0.05, 0.1) is 6.10 Å². The van der Waals surface area contributed by atoms with Gasteiger partial charge >= 0.3 is 0 Å². The predicted octanol–water partition coefficient (Wildman–Crippen LogP) is 4.49. The minimum Gasteiger partial charge on any atom is -0.373 e. The van der Waals surface area contributed by atoms with Crippen molar-refractivity contribution in [2.75, 3.05) is 11.9 Å². The molecule has 2 unspecified atom stereocenters. The lowest BCUT2D eigenvalue weighted by molar-refractivity contribution is 0.00973. The quantitative estimate of drug-likeness (QED) is 0.743. The maximum absolute atomic E-state index is 6.00. The normalized spacial score (nSPS) is 19.6. The summed E-state index contributed by atoms with van der Waals surface area (Å²) in [6.07, 6.45) is 5.57. The molecule has 1 fully saturated rings. The maximum Gasteiger partial charge on any atom is 0.163 e. The van der Waals surface area contributed by atoms with Gasteiger partial charge in [-0.1, -0.05) is 30.3 Å². The van der Waals surface area contributed by atoms with Crippen LogP contribution in [0.3, 0.4) is 0 Å². The summed E-state index contributed by atoms with van der Waals surface area (Å²) in [7, 11) is 0. The van der Waals surface area contributed by atoms with Crippen molar-refractivity contribution in [1.82, 2.24) is 15.0 Å². The zero-order valence-corrected chi connectivity index (χ0v) is 15.7. The van der Waals surface area contributed by atoms with Crippen molar-refractivity contribution in [1.29, 1.82) is 0 Å². The smallest absolute Gasteiger partial charge is 0.163 e. The van der Waals surface area contributed by atoms with Crippen LogP contribution in [0, 0.1) is 13.8 Å². The van der Waals surface area contributed by atoms with Gasteiger partial charge in [-0.15, -0.1) is 0 Å². The molecule has 2 aromatic heterocycles. The number of ether oxygens (including phenoxy) is 1. The largest absolute Gasteiger partial charge is 0.373 e. The van der Waals surface area contributed by atoms with E-state index in [0.717, 1.165) is 42.1 Å². The average molecular weight is 360 g/mol. The van der Waals surface area contributed by atoms with Crippen LogP contribution in [0.15, 0.2) is 54.9 Å². The first-order valence-corrected chi connectivity index (χ1v) is 9.39. The molecule has 3 heterocycles. The molecule has 0 bridgehead atoms. The van der Waals surface area contributed by atoms with Gasteiger partial charge in [0.2, 0.25) is 0 Å². The van der Waals surface area contributed by atoms with Gasteiger partial charge in [-0.05, 0) is 44.4 Å². The highest BCUT2D eigenvalue weighted by Crippen LogP contribution is 2.30. The van der Waals surface area contributed by atoms with E-state index in [1.54, 1.807) is 12.4 Å². The summed E-state index contributed by atoms with van der Waals surface area (Å²) in [5.74, 6) is 1.61. The Hall–Kier alpha value is -2.79. The van der Waals surface area contributed by atoms with E-state index in [1.807, 2.05) is 25.1 Å². The number of nitrogens with zero attached hydrogens (tertiary/aromatic N) is 3. The third-order valence-electron chi connectivity index (χ3n) is 5.11. The summed E-state index contributed by atoms with van der Waals surface area (Å²) in [4.78, 5) is 13.6. The van der Waals surface area contributed by atoms with Crippen molar-refractivity contribution in [3.05, 3.63) is 71.7 Å². The fourth-order valence-electron chi connectivity index (χ4n) is 3.41. The zero-order chi connectivity index (χ0) is 18.6. The Morgan fingerprint density at radius 2 is 1.89 bits per heavy atom. The molecule has 1 N–H and O–H groups in total. The first kappa shape index (κ1) is 17.6. The molecule has 5 heteroatoms. The van der Waals surface area contributed by atoms with E-state index in [2.05, 4.69) is 46.5 Å². The summed E-state index contributed by atoms with van der Waals surface area (Å²) in [5.41, 5.74) is 4.23. The first-order chi connectivity index (χ1) is 13.2. The summed E-state index contributed by atoms with van der Waals surface area (Å²) in [6.45, 7) is 4.84. The molecule has 0 radical (unpaired) electrons. The van der Waals surface area contributed by atoms with E-state index in [9.17, 15) is 0 Å². The number of anilines is 1. The molecule has 3 aromatic rings. The average Bonchev–Trinajstić information content (AvgIpc) is 2.73. The van der Waals surface area contributed by atoms with Crippen molar-refractivity contribution >= 4 is 5.82 Å². The number of aromatic nitrogens is 3. The highest BCUT2D eigenvalue weighted by Gasteiger charge is 2.25. The fourth-order valence-corrected chi connectivity index (χ4v) is 3.41. The number of aryl methyl sites for hydroxylation is 1. The summed E-state index contributed by atoms with van der Waals surface area (Å²) < 4.78 is 6.00. The summed E-state index contributed by atoms with van der Waals surface area (Å²) >= 11 is 0. The molecule has 0 saturated carbocycles. The number of pyridine rings is 1. The number of hydrogen-bond acceptors (Lipinski definition) is 5. The highest BCUT2D eigenvalue weighted by molar-refractivity contribution is 5.58. The standard InChI is InChI=1S/C22H24N4O/c1-15-16(2)24-22(18-9-6-11-23-14-18)26-21(15)25-19-10-12-27-20(13-19)17-7-4-3-5-8-17/h3-9,11,14,19-20H,10,12-13H2,1-2H3,(H,24,25,26). The number of rotatable bonds is 4. The number of benzene rings is 1. The molecule has 1 aliphatic heterocycles. The molecule has 27 heavy (non-hydrogen) atoms. The Kier molecular flexibility index (Phi) is 5.12. The zero-order valence-electron chi connectivity index (χ0n) is 15.7. The van der Waals surface area contributed by atoms with Crippen LogP contribution >= 0.6 is 0 Å². The minimum atomic E-state index is 0.124. The second-order valence-corrected chi connectivity index (χ2v) is 6.98. The van der Waals surface area contributed by atoms with Crippen molar-refractivity contribution in [3.8, 4) is 11.4 Å². The van der Waals surface area contributed by atoms with Gasteiger partial charge < -0.3 is 10.1 Å². The van der Waals surface area contributed by atoms with Crippen LogP contribution in [0.1, 0.15) is 35.8 Å². The molecular weight excluding hydrogens is 336 g/mol. The molecule has 1 aliphatic rings. The molecular formula is C22H24N4O. The predicted molar refractivity (Wildman–Crippen MR) is 107 cm³/mol. The number of hydrogen-bond donors (Lipinski definition) is 1. The maximum atomic E-state index is 6.00. The van der Waals surface area contributed by atoms with Gasteiger partial charge in [-0.25, -0.2) is 9.97 Å². The van der Waals surface area contributed by atoms with Gasteiger partial charge in [-0.3, -0.25) is 4.98 Å². The Bertz CT molecular complexity index is 899. The summed E-state index contributed by atoms with van der Waals surface area (Å²) in [6, 6.07) is 14.6. The Morgan fingerprint density at radius 3 is 2.67 bits per heavy atom. The van der Waals surface area contributed by atoms with Crippen LogP contribution in [0.25, 0.3) is 11.4 Å². The van der Waals surface area contributed by atoms with E-state index in [4.69, 9.17) is 9.72 Å². The van der Waals surface area contributed by atoms with Gasteiger partial charge in [0.15, 0.2) is 5.82 Å². The van der Waals surface area contributed by atoms with Crippen molar-refractivity contribution in [3.63, 3.8) is 0 Å². The van der Waals surface area contributed by atoms with Gasteiger partial charge in [0.1, 0.15) is 5.82 Å². The first-order valence-electron chi connectivity index (χ1n) is 9.39. The van der Waals surface area contributed by atoms with Crippen LogP contribution in [-0.4, -0.2) is 27.6 Å². The van der Waals surface area contributed by atoms with E-state index in [-0.39, 0.29) is 6.10 Å². The number of nitrogens with one attached hydrogen (secondary N) is 1. The van der Waals surface area contributed by atoms with E-state index in [0.29, 0.717) is 11.9 Å². The van der Waals surface area contributed by atoms with E-state index >= 15 is 0 Å². The monoisotopic (exact) mass is 360 g/mol. The van der Waals surface area contributed by atoms with Gasteiger partial charge in [-0.2, -0.15) is 0 Å². The molecule has 2 atom stereocenters. The van der Waals surface area contributed by atoms with Crippen LogP contribution in [0.4, 0.5) is 5.82 Å². The van der Waals surface area contributed by atoms with Crippen LogP contribution in [0.5, 0.6) is 0 Å². The van der Waals surface area contributed by atoms with E-state index < -0.39 is 0 Å². The van der Waals surface area contributed by atoms with Crippen LogP contribution in [0.2, 0.25) is 0 Å². The van der Waals surface area contributed by atoms with Crippen LogP contribution in [-0.2, 0) is 4.74 Å². The summed E-state index contributed by atoms with van der Waals surface area (Å²) in [5, 5.41) is 3.65. The van der Waals surface area contributed by atoms with E-state index in [1.165, 1.54) is 5.56 Å². The minimum absolute atomic E-state index is 0.124. The topological polar surface area (TPSA) is 59.9 Å². The lowest BCUT2D eigenvalue weighted by Crippen LogP contribution is -2.31. The Labute approximate surface area is 159 Å². The molecule has 1 saturated heterocycles. The molecule has 4 rings (SSSR count). The van der Waals surface area contributed by atoms with Gasteiger partial charge in [0.25, 0.3) is 0 Å². The molecule has 1 aromatic carbocycles. The second kappa shape index (κ2) is 7.84. The van der Waals surface area contributed by atoms with Crippen molar-refractivity contribution < 1.29 is 4.74 Å². The fraction of sp³-hybridized carbons (Fsp3) is 0.318. The third kappa shape index (κ3) is 3.98. The second-order valence-electron chi connectivity index (χ2n) is 6.98.